The number of hydrogen-bond acceptors (Lipinski definition) is 4. The van der Waals surface area contributed by atoms with Crippen molar-refractivity contribution in [2.24, 2.45) is 0 Å². The molecule has 0 radical (unpaired) electrons. The lowest BCUT2D eigenvalue weighted by atomic mass is 9.91. The Kier molecular flexibility index (Phi) is 2.88. The van der Waals surface area contributed by atoms with E-state index < -0.39 is 23.1 Å². The molecule has 0 fully saturated rings. The number of rotatable bonds is 1. The molecule has 0 unspecified atom stereocenters. The Morgan fingerprint density at radius 3 is 2.62 bits per heavy atom. The van der Waals surface area contributed by atoms with Gasteiger partial charge in [-0.1, -0.05) is 11.6 Å². The molecule has 1 aromatic carbocycles. The van der Waals surface area contributed by atoms with Crippen LogP contribution in [0.1, 0.15) is 11.3 Å². The number of nitrogens with one attached hydrogen (secondary N) is 1. The minimum atomic E-state index is -0.808. The number of aryl methyl sites for hydroxylation is 1. The molecule has 0 atom stereocenters. The van der Waals surface area contributed by atoms with Gasteiger partial charge < -0.3 is 15.2 Å². The van der Waals surface area contributed by atoms with Crippen LogP contribution in [0.5, 0.6) is 0 Å². The smallest absolute Gasteiger partial charge is 0.232 e. The van der Waals surface area contributed by atoms with E-state index in [0.29, 0.717) is 33.3 Å². The fourth-order valence-electron chi connectivity index (χ4n) is 2.47. The summed E-state index contributed by atoms with van der Waals surface area (Å²) in [5.74, 6) is -2.97. The number of benzene rings is 1. The average molecular weight is 304 g/mol. The van der Waals surface area contributed by atoms with Crippen LogP contribution in [-0.4, -0.2) is 26.8 Å². The van der Waals surface area contributed by atoms with E-state index in [1.165, 1.54) is 0 Å². The molecule has 1 aromatic heterocycles. The summed E-state index contributed by atoms with van der Waals surface area (Å²) in [6.45, 7) is 1.71. The van der Waals surface area contributed by atoms with Crippen molar-refractivity contribution in [2.45, 2.75) is 6.92 Å². The highest BCUT2D eigenvalue weighted by Gasteiger charge is 2.32. The van der Waals surface area contributed by atoms with Gasteiger partial charge in [-0.3, -0.25) is 9.59 Å². The largest absolute Gasteiger partial charge is 0.504 e. The number of allylic oxidation sites excluding steroid dienone is 2. The van der Waals surface area contributed by atoms with E-state index in [9.17, 15) is 19.8 Å². The fraction of sp³-hybridized carbons (Fsp3) is 0.0667. The van der Waals surface area contributed by atoms with Crippen LogP contribution in [0.3, 0.4) is 0 Å². The number of aromatic amines is 1. The monoisotopic (exact) mass is 303 g/mol. The quantitative estimate of drug-likeness (QED) is 0.706. The minimum Gasteiger partial charge on any atom is -0.504 e. The molecule has 0 spiro atoms. The first-order chi connectivity index (χ1) is 9.90. The first kappa shape index (κ1) is 13.5. The lowest BCUT2D eigenvalue weighted by Gasteiger charge is -2.13. The third kappa shape index (κ3) is 1.94. The van der Waals surface area contributed by atoms with Crippen LogP contribution in [0, 0.1) is 6.92 Å². The molecule has 3 N–H and O–H groups in total. The summed E-state index contributed by atoms with van der Waals surface area (Å²) in [5, 5.41) is 20.6. The fourth-order valence-corrected chi connectivity index (χ4v) is 2.64. The summed E-state index contributed by atoms with van der Waals surface area (Å²) < 4.78 is 0. The Balaban J connectivity index is 2.37. The van der Waals surface area contributed by atoms with Crippen LogP contribution in [0.2, 0.25) is 5.02 Å². The van der Waals surface area contributed by atoms with Crippen molar-refractivity contribution >= 4 is 39.6 Å². The topological polar surface area (TPSA) is 90.4 Å². The second kappa shape index (κ2) is 4.49. The molecule has 106 valence electrons. The van der Waals surface area contributed by atoms with Gasteiger partial charge in [-0.25, -0.2) is 0 Å². The summed E-state index contributed by atoms with van der Waals surface area (Å²) in [4.78, 5) is 26.8. The number of carbonyl (C=O) groups excluding carboxylic acids is 2. The first-order valence-corrected chi connectivity index (χ1v) is 6.49. The number of ketones is 2. The van der Waals surface area contributed by atoms with E-state index in [-0.39, 0.29) is 5.57 Å². The van der Waals surface area contributed by atoms with E-state index in [2.05, 4.69) is 4.98 Å². The van der Waals surface area contributed by atoms with Crippen LogP contribution < -0.4 is 0 Å². The molecule has 3 rings (SSSR count). The maximum atomic E-state index is 12.1. The Bertz CT molecular complexity index is 873. The third-order valence-electron chi connectivity index (χ3n) is 3.40. The number of Topliss-reactive ketones (excluding diaryl/α,β-unsaturated/α-hetero) is 1. The molecule has 0 bridgehead atoms. The Hall–Kier alpha value is -2.53. The number of halogens is 1. The molecule has 1 aliphatic rings. The van der Waals surface area contributed by atoms with Gasteiger partial charge >= 0.3 is 0 Å². The number of fused-ring (bicyclic) bond motifs is 1. The van der Waals surface area contributed by atoms with Gasteiger partial charge in [0.25, 0.3) is 0 Å². The lowest BCUT2D eigenvalue weighted by molar-refractivity contribution is -0.117. The number of aliphatic hydroxyl groups excluding tert-OH is 2. The van der Waals surface area contributed by atoms with Crippen molar-refractivity contribution in [3.63, 3.8) is 0 Å². The maximum absolute atomic E-state index is 12.1. The van der Waals surface area contributed by atoms with E-state index in [4.69, 9.17) is 11.6 Å². The molecule has 0 amide bonds. The number of carbonyl (C=O) groups is 2. The molecule has 5 nitrogen and oxygen atoms in total. The van der Waals surface area contributed by atoms with Gasteiger partial charge in [-0.05, 0) is 25.1 Å². The molecule has 0 saturated heterocycles. The van der Waals surface area contributed by atoms with Crippen LogP contribution >= 0.6 is 11.6 Å². The Morgan fingerprint density at radius 2 is 1.90 bits per heavy atom. The van der Waals surface area contributed by atoms with E-state index >= 15 is 0 Å². The molecule has 1 heterocycles. The van der Waals surface area contributed by atoms with Gasteiger partial charge in [-0.15, -0.1) is 0 Å². The van der Waals surface area contributed by atoms with Gasteiger partial charge in [0.2, 0.25) is 11.6 Å². The molecular weight excluding hydrogens is 294 g/mol. The second-order valence-corrected chi connectivity index (χ2v) is 5.20. The second-order valence-electron chi connectivity index (χ2n) is 4.76. The first-order valence-electron chi connectivity index (χ1n) is 6.11. The normalized spacial score (nSPS) is 15.8. The summed E-state index contributed by atoms with van der Waals surface area (Å²) >= 11 is 5.96. The van der Waals surface area contributed by atoms with Gasteiger partial charge in [0.1, 0.15) is 0 Å². The summed E-state index contributed by atoms with van der Waals surface area (Å²) in [5.41, 5.74) is 1.44. The van der Waals surface area contributed by atoms with Crippen LogP contribution in [0.4, 0.5) is 0 Å². The zero-order chi connectivity index (χ0) is 15.3. The summed E-state index contributed by atoms with van der Waals surface area (Å²) in [6.07, 6.45) is 0.707. The predicted octanol–water partition coefficient (Wildman–Crippen LogP) is 2.99. The van der Waals surface area contributed by atoms with Gasteiger partial charge in [0, 0.05) is 33.3 Å². The van der Waals surface area contributed by atoms with E-state index in [1.54, 1.807) is 25.1 Å². The van der Waals surface area contributed by atoms with Crippen molar-refractivity contribution in [1.82, 2.24) is 4.98 Å². The Morgan fingerprint density at radius 1 is 1.19 bits per heavy atom. The number of aliphatic hydroxyl groups is 2. The van der Waals surface area contributed by atoms with Crippen molar-refractivity contribution in [1.29, 1.82) is 0 Å². The molecule has 0 saturated carbocycles. The predicted molar refractivity (Wildman–Crippen MR) is 78.3 cm³/mol. The van der Waals surface area contributed by atoms with E-state index in [1.807, 2.05) is 0 Å². The van der Waals surface area contributed by atoms with Crippen molar-refractivity contribution in [2.75, 3.05) is 0 Å². The van der Waals surface area contributed by atoms with Crippen molar-refractivity contribution in [3.05, 3.63) is 52.1 Å². The zero-order valence-electron chi connectivity index (χ0n) is 10.9. The molecule has 6 heteroatoms. The lowest BCUT2D eigenvalue weighted by Crippen LogP contribution is -2.18. The summed E-state index contributed by atoms with van der Waals surface area (Å²) in [7, 11) is 0. The highest BCUT2D eigenvalue weighted by molar-refractivity contribution is 6.38. The van der Waals surface area contributed by atoms with Crippen molar-refractivity contribution < 1.29 is 19.8 Å². The standard InChI is InChI=1S/C15H10ClNO4/c1-6-12(8-4-7(16)2-3-9(8)17-6)13-14(20)10(18)5-11(19)15(13)21/h2-5,17-18,21H,1H3. The van der Waals surface area contributed by atoms with E-state index in [0.717, 1.165) is 0 Å². The highest BCUT2D eigenvalue weighted by Crippen LogP contribution is 2.35. The maximum Gasteiger partial charge on any atom is 0.232 e. The molecular formula is C15H10ClNO4. The molecule has 0 aliphatic heterocycles. The van der Waals surface area contributed by atoms with Crippen molar-refractivity contribution in [3.8, 4) is 0 Å². The minimum absolute atomic E-state index is 0.217. The Labute approximate surface area is 124 Å². The van der Waals surface area contributed by atoms with Crippen LogP contribution in [0.25, 0.3) is 16.5 Å². The summed E-state index contributed by atoms with van der Waals surface area (Å²) in [6, 6.07) is 5.04. The highest BCUT2D eigenvalue weighted by atomic mass is 35.5. The van der Waals surface area contributed by atoms with Gasteiger partial charge in [0.05, 0.1) is 5.57 Å². The SMILES string of the molecule is Cc1[nH]c2ccc(Cl)cc2c1C1=C(O)C(=O)C=C(O)C1=O. The zero-order valence-corrected chi connectivity index (χ0v) is 11.7. The number of aromatic nitrogens is 1. The van der Waals surface area contributed by atoms with Crippen LogP contribution in [0.15, 0.2) is 35.8 Å². The number of H-pyrrole nitrogens is 1. The number of hydrogen-bond donors (Lipinski definition) is 3. The average Bonchev–Trinajstić information content (AvgIpc) is 2.73. The van der Waals surface area contributed by atoms with Gasteiger partial charge in [-0.2, -0.15) is 0 Å². The molecule has 1 aliphatic carbocycles. The van der Waals surface area contributed by atoms with Gasteiger partial charge in [0.15, 0.2) is 11.5 Å². The third-order valence-corrected chi connectivity index (χ3v) is 3.63. The van der Waals surface area contributed by atoms with Crippen LogP contribution in [-0.2, 0) is 9.59 Å². The molecule has 2 aromatic rings. The molecule has 21 heavy (non-hydrogen) atoms.